The molecule has 32 heavy (non-hydrogen) atoms. The maximum atomic E-state index is 13.7. The molecule has 166 valence electrons. The number of imidazole rings is 1. The van der Waals surface area contributed by atoms with Crippen molar-refractivity contribution in [2.45, 2.75) is 12.4 Å². The van der Waals surface area contributed by atoms with Gasteiger partial charge in [-0.15, -0.1) is 0 Å². The SMILES string of the molecule is Nc1cc(Nc2ccc(C(F)(F)F)cc2)nc(-c2c(C(F)(F)F)nc3ccc(F)cn23)n1. The summed E-state index contributed by atoms with van der Waals surface area (Å²) in [5, 5.41) is 2.66. The van der Waals surface area contributed by atoms with E-state index in [2.05, 4.69) is 20.3 Å². The van der Waals surface area contributed by atoms with Crippen LogP contribution in [0.25, 0.3) is 17.2 Å². The number of benzene rings is 1. The molecule has 4 rings (SSSR count). The van der Waals surface area contributed by atoms with Gasteiger partial charge in [0, 0.05) is 18.0 Å². The van der Waals surface area contributed by atoms with Gasteiger partial charge in [0.25, 0.3) is 0 Å². The van der Waals surface area contributed by atoms with Crippen molar-refractivity contribution >= 4 is 23.0 Å². The van der Waals surface area contributed by atoms with Gasteiger partial charge >= 0.3 is 12.4 Å². The first-order chi connectivity index (χ1) is 14.9. The Bertz CT molecular complexity index is 1290. The Labute approximate surface area is 174 Å². The van der Waals surface area contributed by atoms with E-state index in [1.54, 1.807) is 0 Å². The number of aromatic nitrogens is 4. The van der Waals surface area contributed by atoms with Gasteiger partial charge in [0.2, 0.25) is 0 Å². The molecule has 0 aliphatic carbocycles. The second-order valence-electron chi connectivity index (χ2n) is 6.58. The van der Waals surface area contributed by atoms with Crippen molar-refractivity contribution in [1.82, 2.24) is 19.4 Å². The topological polar surface area (TPSA) is 81.1 Å². The molecule has 0 spiro atoms. The number of nitrogen functional groups attached to an aromatic ring is 1. The smallest absolute Gasteiger partial charge is 0.384 e. The summed E-state index contributed by atoms with van der Waals surface area (Å²) in [6.45, 7) is 0. The monoisotopic (exact) mass is 456 g/mol. The Morgan fingerprint density at radius 3 is 2.16 bits per heavy atom. The first-order valence-corrected chi connectivity index (χ1v) is 8.76. The van der Waals surface area contributed by atoms with Crippen molar-refractivity contribution in [1.29, 1.82) is 0 Å². The molecule has 1 aromatic carbocycles. The van der Waals surface area contributed by atoms with E-state index < -0.39 is 40.9 Å². The van der Waals surface area contributed by atoms with Gasteiger partial charge in [0.05, 0.1) is 5.56 Å². The van der Waals surface area contributed by atoms with E-state index in [0.717, 1.165) is 47.0 Å². The van der Waals surface area contributed by atoms with Gasteiger partial charge in [-0.05, 0) is 36.4 Å². The molecule has 3 N–H and O–H groups in total. The molecule has 6 nitrogen and oxygen atoms in total. The standard InChI is InChI=1S/C19H11F7N6/c20-10-3-6-14-31-16(19(24,25)26)15(32(14)8-10)17-29-12(27)7-13(30-17)28-11-4-1-9(2-5-11)18(21,22)23/h1-8H,(H3,27,28,29,30). The summed E-state index contributed by atoms with van der Waals surface area (Å²) in [4.78, 5) is 11.3. The van der Waals surface area contributed by atoms with Crippen molar-refractivity contribution in [3.8, 4) is 11.5 Å². The van der Waals surface area contributed by atoms with Crippen molar-refractivity contribution in [2.24, 2.45) is 0 Å². The lowest BCUT2D eigenvalue weighted by atomic mass is 10.2. The average molecular weight is 456 g/mol. The number of nitrogens with one attached hydrogen (secondary N) is 1. The number of fused-ring (bicyclic) bond motifs is 1. The van der Waals surface area contributed by atoms with Gasteiger partial charge in [0.15, 0.2) is 11.5 Å². The summed E-state index contributed by atoms with van der Waals surface area (Å²) in [5.41, 5.74) is 2.80. The van der Waals surface area contributed by atoms with Crippen molar-refractivity contribution < 1.29 is 30.7 Å². The second-order valence-corrected chi connectivity index (χ2v) is 6.58. The molecule has 0 atom stereocenters. The minimum absolute atomic E-state index is 0.0910. The van der Waals surface area contributed by atoms with E-state index >= 15 is 0 Å². The third kappa shape index (κ3) is 4.13. The predicted molar refractivity (Wildman–Crippen MR) is 100 cm³/mol. The summed E-state index contributed by atoms with van der Waals surface area (Å²) < 4.78 is 93.5. The van der Waals surface area contributed by atoms with Gasteiger partial charge in [-0.1, -0.05) is 0 Å². The minimum Gasteiger partial charge on any atom is -0.384 e. The van der Waals surface area contributed by atoms with Crippen LogP contribution in [0.1, 0.15) is 11.3 Å². The summed E-state index contributed by atoms with van der Waals surface area (Å²) >= 11 is 0. The fraction of sp³-hybridized carbons (Fsp3) is 0.105. The molecule has 0 amide bonds. The van der Waals surface area contributed by atoms with E-state index in [1.165, 1.54) is 6.07 Å². The fourth-order valence-electron chi connectivity index (χ4n) is 2.96. The van der Waals surface area contributed by atoms with Crippen LogP contribution in [0.4, 0.5) is 48.1 Å². The summed E-state index contributed by atoms with van der Waals surface area (Å²) in [6, 6.07) is 7.06. The van der Waals surface area contributed by atoms with Crippen LogP contribution in [0.3, 0.4) is 0 Å². The van der Waals surface area contributed by atoms with Crippen LogP contribution < -0.4 is 11.1 Å². The average Bonchev–Trinajstić information content (AvgIpc) is 3.06. The molecule has 0 unspecified atom stereocenters. The number of pyridine rings is 1. The van der Waals surface area contributed by atoms with Crippen LogP contribution in [0.2, 0.25) is 0 Å². The molecule has 13 heteroatoms. The van der Waals surface area contributed by atoms with Crippen molar-refractivity contribution in [3.05, 3.63) is 65.7 Å². The number of nitrogens with zero attached hydrogens (tertiary/aromatic N) is 4. The first-order valence-electron chi connectivity index (χ1n) is 8.76. The summed E-state index contributed by atoms with van der Waals surface area (Å²) in [5.74, 6) is -1.66. The molecule has 0 fully saturated rings. The lowest BCUT2D eigenvalue weighted by molar-refractivity contribution is -0.140. The minimum atomic E-state index is -4.91. The van der Waals surface area contributed by atoms with Gasteiger partial charge < -0.3 is 11.1 Å². The molecule has 4 aromatic rings. The van der Waals surface area contributed by atoms with Gasteiger partial charge in [-0.3, -0.25) is 4.40 Å². The second kappa shape index (κ2) is 7.35. The van der Waals surface area contributed by atoms with Gasteiger partial charge in [0.1, 0.15) is 28.8 Å². The number of nitrogens with two attached hydrogens (primary N) is 1. The number of halogens is 7. The molecule has 0 aliphatic rings. The highest BCUT2D eigenvalue weighted by Gasteiger charge is 2.39. The first kappa shape index (κ1) is 21.3. The van der Waals surface area contributed by atoms with Crippen LogP contribution in [-0.4, -0.2) is 19.4 Å². The lowest BCUT2D eigenvalue weighted by Gasteiger charge is -2.11. The zero-order valence-corrected chi connectivity index (χ0v) is 15.6. The zero-order chi connectivity index (χ0) is 23.3. The molecule has 3 aromatic heterocycles. The third-order valence-electron chi connectivity index (χ3n) is 4.29. The van der Waals surface area contributed by atoms with Crippen molar-refractivity contribution in [2.75, 3.05) is 11.1 Å². The molecule has 3 heterocycles. The van der Waals surface area contributed by atoms with Gasteiger partial charge in [-0.25, -0.2) is 19.3 Å². The summed E-state index contributed by atoms with van der Waals surface area (Å²) in [7, 11) is 0. The summed E-state index contributed by atoms with van der Waals surface area (Å²) in [6.07, 6.45) is -8.65. The van der Waals surface area contributed by atoms with Crippen LogP contribution >= 0.6 is 0 Å². The zero-order valence-electron chi connectivity index (χ0n) is 15.6. The van der Waals surface area contributed by atoms with E-state index in [0.29, 0.717) is 0 Å². The molecule has 0 aliphatic heterocycles. The maximum absolute atomic E-state index is 13.7. The van der Waals surface area contributed by atoms with Crippen LogP contribution in [0.15, 0.2) is 48.7 Å². The highest BCUT2D eigenvalue weighted by molar-refractivity contribution is 5.67. The van der Waals surface area contributed by atoms with Crippen LogP contribution in [-0.2, 0) is 12.4 Å². The highest BCUT2D eigenvalue weighted by atomic mass is 19.4. The lowest BCUT2D eigenvalue weighted by Crippen LogP contribution is -2.10. The normalized spacial score (nSPS) is 12.3. The Morgan fingerprint density at radius 1 is 0.844 bits per heavy atom. The van der Waals surface area contributed by atoms with Crippen LogP contribution in [0, 0.1) is 5.82 Å². The predicted octanol–water partition coefficient (Wildman–Crippen LogP) is 5.29. The van der Waals surface area contributed by atoms with E-state index in [1.807, 2.05) is 0 Å². The molecule has 0 bridgehead atoms. The van der Waals surface area contributed by atoms with Gasteiger partial charge in [-0.2, -0.15) is 26.3 Å². The van der Waals surface area contributed by atoms with Crippen molar-refractivity contribution in [3.63, 3.8) is 0 Å². The largest absolute Gasteiger partial charge is 0.435 e. The Morgan fingerprint density at radius 2 is 1.53 bits per heavy atom. The van der Waals surface area contributed by atoms with Crippen LogP contribution in [0.5, 0.6) is 0 Å². The molecule has 0 saturated carbocycles. The molecular formula is C19H11F7N6. The number of rotatable bonds is 3. The Balaban J connectivity index is 1.80. The molecule has 0 radical (unpaired) electrons. The number of hydrogen-bond acceptors (Lipinski definition) is 5. The highest BCUT2D eigenvalue weighted by Crippen LogP contribution is 2.37. The fourth-order valence-corrected chi connectivity index (χ4v) is 2.96. The Kier molecular flexibility index (Phi) is 4.90. The van der Waals surface area contributed by atoms with E-state index in [4.69, 9.17) is 5.73 Å². The quantitative estimate of drug-likeness (QED) is 0.410. The number of anilines is 3. The number of hydrogen-bond donors (Lipinski definition) is 2. The Hall–Kier alpha value is -3.90. The van der Waals surface area contributed by atoms with E-state index in [9.17, 15) is 30.7 Å². The maximum Gasteiger partial charge on any atom is 0.435 e. The van der Waals surface area contributed by atoms with E-state index in [-0.39, 0.29) is 23.0 Å². The number of alkyl halides is 6. The molecule has 0 saturated heterocycles. The molecular weight excluding hydrogens is 445 g/mol. The third-order valence-corrected chi connectivity index (χ3v) is 4.29.